The lowest BCUT2D eigenvalue weighted by Crippen LogP contribution is -2.11. The Labute approximate surface area is 138 Å². The molecule has 8 heteroatoms. The van der Waals surface area contributed by atoms with Crippen LogP contribution in [0.1, 0.15) is 35.8 Å². The Morgan fingerprint density at radius 2 is 2.04 bits per heavy atom. The van der Waals surface area contributed by atoms with Crippen LogP contribution in [-0.2, 0) is 0 Å². The first-order valence-electron chi connectivity index (χ1n) is 7.49. The molecule has 0 saturated carbocycles. The molecular formula is C16H17N5O3. The summed E-state index contributed by atoms with van der Waals surface area (Å²) in [6.45, 7) is 7.08. The van der Waals surface area contributed by atoms with Crippen LogP contribution in [0.2, 0.25) is 0 Å². The van der Waals surface area contributed by atoms with E-state index in [1.165, 1.54) is 0 Å². The summed E-state index contributed by atoms with van der Waals surface area (Å²) in [5, 5.41) is 19.4. The Kier molecular flexibility index (Phi) is 3.88. The Balaban J connectivity index is 1.96. The highest BCUT2D eigenvalue weighted by molar-refractivity contribution is 5.55. The topological polar surface area (TPSA) is 99.9 Å². The van der Waals surface area contributed by atoms with Crippen molar-refractivity contribution in [3.8, 4) is 11.4 Å². The van der Waals surface area contributed by atoms with Crippen molar-refractivity contribution in [3.05, 3.63) is 57.2 Å². The van der Waals surface area contributed by atoms with Crippen LogP contribution in [0, 0.1) is 30.9 Å². The van der Waals surface area contributed by atoms with Crippen LogP contribution in [0.3, 0.4) is 0 Å². The summed E-state index contributed by atoms with van der Waals surface area (Å²) in [7, 11) is 0. The van der Waals surface area contributed by atoms with Gasteiger partial charge in [-0.15, -0.1) is 0 Å². The standard InChI is InChI=1S/C16H17N5O3/c1-9-6-5-7-13(8-9)15-17-16(24-19-15)12(4)20-11(3)14(21(22)23)10(2)18-20/h5-8,12H,1-4H3. The molecule has 0 saturated heterocycles. The minimum atomic E-state index is -0.424. The van der Waals surface area contributed by atoms with Crippen molar-refractivity contribution in [1.82, 2.24) is 19.9 Å². The number of benzene rings is 1. The lowest BCUT2D eigenvalue weighted by Gasteiger charge is -2.08. The quantitative estimate of drug-likeness (QED) is 0.538. The maximum absolute atomic E-state index is 11.1. The zero-order valence-corrected chi connectivity index (χ0v) is 13.8. The molecule has 1 unspecified atom stereocenters. The van der Waals surface area contributed by atoms with Gasteiger partial charge >= 0.3 is 5.69 Å². The SMILES string of the molecule is Cc1cccc(-c2noc(C(C)n3nc(C)c([N+](=O)[O-])c3C)n2)c1. The highest BCUT2D eigenvalue weighted by Gasteiger charge is 2.27. The first-order chi connectivity index (χ1) is 11.4. The molecule has 1 atom stereocenters. The molecule has 0 spiro atoms. The first-order valence-corrected chi connectivity index (χ1v) is 7.49. The average molecular weight is 327 g/mol. The fourth-order valence-corrected chi connectivity index (χ4v) is 2.71. The van der Waals surface area contributed by atoms with Gasteiger partial charge in [0.25, 0.3) is 5.89 Å². The molecule has 3 aromatic rings. The molecule has 0 radical (unpaired) electrons. The third-order valence-electron chi connectivity index (χ3n) is 3.91. The Hall–Kier alpha value is -3.03. The molecule has 8 nitrogen and oxygen atoms in total. The number of nitrogens with zero attached hydrogens (tertiary/aromatic N) is 5. The molecule has 2 heterocycles. The monoisotopic (exact) mass is 327 g/mol. The summed E-state index contributed by atoms with van der Waals surface area (Å²) in [6.07, 6.45) is 0. The van der Waals surface area contributed by atoms with Crippen LogP contribution < -0.4 is 0 Å². The predicted octanol–water partition coefficient (Wildman–Crippen LogP) is 3.38. The van der Waals surface area contributed by atoms with Crippen LogP contribution >= 0.6 is 0 Å². The maximum atomic E-state index is 11.1. The van der Waals surface area contributed by atoms with Crippen molar-refractivity contribution in [2.24, 2.45) is 0 Å². The van der Waals surface area contributed by atoms with Crippen LogP contribution in [0.4, 0.5) is 5.69 Å². The van der Waals surface area contributed by atoms with E-state index in [0.29, 0.717) is 23.1 Å². The van der Waals surface area contributed by atoms with E-state index in [9.17, 15) is 10.1 Å². The predicted molar refractivity (Wildman–Crippen MR) is 86.6 cm³/mol. The van der Waals surface area contributed by atoms with E-state index in [-0.39, 0.29) is 5.69 Å². The minimum Gasteiger partial charge on any atom is -0.337 e. The van der Waals surface area contributed by atoms with Gasteiger partial charge in [-0.2, -0.15) is 10.1 Å². The molecule has 0 bridgehead atoms. The van der Waals surface area contributed by atoms with E-state index in [1.54, 1.807) is 18.5 Å². The Morgan fingerprint density at radius 1 is 1.29 bits per heavy atom. The van der Waals surface area contributed by atoms with Gasteiger partial charge in [0.2, 0.25) is 5.82 Å². The summed E-state index contributed by atoms with van der Waals surface area (Å²) < 4.78 is 6.89. The summed E-state index contributed by atoms with van der Waals surface area (Å²) >= 11 is 0. The number of rotatable bonds is 4. The van der Waals surface area contributed by atoms with E-state index < -0.39 is 11.0 Å². The molecule has 3 rings (SSSR count). The zero-order chi connectivity index (χ0) is 17.4. The summed E-state index contributed by atoms with van der Waals surface area (Å²) in [5.41, 5.74) is 2.79. The van der Waals surface area contributed by atoms with Crippen molar-refractivity contribution >= 4 is 5.69 Å². The highest BCUT2D eigenvalue weighted by atomic mass is 16.6. The van der Waals surface area contributed by atoms with Crippen molar-refractivity contribution in [2.75, 3.05) is 0 Å². The normalized spacial score (nSPS) is 12.3. The van der Waals surface area contributed by atoms with E-state index >= 15 is 0 Å². The first kappa shape index (κ1) is 15.9. The number of aromatic nitrogens is 4. The molecule has 1 aromatic carbocycles. The second-order valence-corrected chi connectivity index (χ2v) is 5.72. The van der Waals surface area contributed by atoms with Crippen LogP contribution in [0.15, 0.2) is 28.8 Å². The van der Waals surface area contributed by atoms with Gasteiger partial charge in [-0.1, -0.05) is 28.9 Å². The van der Waals surface area contributed by atoms with Gasteiger partial charge in [-0.05, 0) is 33.8 Å². The lowest BCUT2D eigenvalue weighted by molar-refractivity contribution is -0.386. The highest BCUT2D eigenvalue weighted by Crippen LogP contribution is 2.28. The summed E-state index contributed by atoms with van der Waals surface area (Å²) in [5.74, 6) is 0.837. The van der Waals surface area contributed by atoms with Gasteiger partial charge in [0.15, 0.2) is 0 Å². The number of hydrogen-bond donors (Lipinski definition) is 0. The van der Waals surface area contributed by atoms with Crippen molar-refractivity contribution < 1.29 is 9.45 Å². The van der Waals surface area contributed by atoms with E-state index in [4.69, 9.17) is 4.52 Å². The third kappa shape index (κ3) is 2.66. The van der Waals surface area contributed by atoms with Gasteiger partial charge in [-0.25, -0.2) is 0 Å². The van der Waals surface area contributed by atoms with E-state index in [0.717, 1.165) is 11.1 Å². The van der Waals surface area contributed by atoms with Gasteiger partial charge in [0.05, 0.1) is 4.92 Å². The molecule has 0 aliphatic rings. The maximum Gasteiger partial charge on any atom is 0.312 e. The summed E-state index contributed by atoms with van der Waals surface area (Å²) in [4.78, 5) is 15.1. The largest absolute Gasteiger partial charge is 0.337 e. The molecule has 24 heavy (non-hydrogen) atoms. The van der Waals surface area contributed by atoms with Crippen LogP contribution in [-0.4, -0.2) is 24.8 Å². The Bertz CT molecular complexity index is 912. The van der Waals surface area contributed by atoms with Crippen molar-refractivity contribution in [3.63, 3.8) is 0 Å². The molecule has 0 aliphatic carbocycles. The van der Waals surface area contributed by atoms with Crippen molar-refractivity contribution in [2.45, 2.75) is 33.7 Å². The van der Waals surface area contributed by atoms with Gasteiger partial charge < -0.3 is 4.52 Å². The fraction of sp³-hybridized carbons (Fsp3) is 0.312. The van der Waals surface area contributed by atoms with E-state index in [2.05, 4.69) is 15.2 Å². The third-order valence-corrected chi connectivity index (χ3v) is 3.91. The van der Waals surface area contributed by atoms with Gasteiger partial charge in [-0.3, -0.25) is 14.8 Å². The van der Waals surface area contributed by atoms with Crippen LogP contribution in [0.5, 0.6) is 0 Å². The number of nitro groups is 1. The van der Waals surface area contributed by atoms with E-state index in [1.807, 2.05) is 38.1 Å². The molecule has 124 valence electrons. The summed E-state index contributed by atoms with van der Waals surface area (Å²) in [6, 6.07) is 7.38. The second-order valence-electron chi connectivity index (χ2n) is 5.72. The molecule has 0 amide bonds. The molecule has 0 N–H and O–H groups in total. The molecular weight excluding hydrogens is 310 g/mol. The fourth-order valence-electron chi connectivity index (χ4n) is 2.71. The van der Waals surface area contributed by atoms with Gasteiger partial charge in [0, 0.05) is 5.56 Å². The van der Waals surface area contributed by atoms with Gasteiger partial charge in [0.1, 0.15) is 17.4 Å². The molecule has 0 fully saturated rings. The van der Waals surface area contributed by atoms with Crippen LogP contribution in [0.25, 0.3) is 11.4 Å². The molecule has 0 aliphatic heterocycles. The number of aryl methyl sites for hydroxylation is 2. The lowest BCUT2D eigenvalue weighted by atomic mass is 10.1. The smallest absolute Gasteiger partial charge is 0.312 e. The molecule has 2 aromatic heterocycles. The number of hydrogen-bond acceptors (Lipinski definition) is 6. The minimum absolute atomic E-state index is 0.0141. The second kappa shape index (κ2) is 5.88. The Morgan fingerprint density at radius 3 is 2.67 bits per heavy atom. The van der Waals surface area contributed by atoms with Crippen molar-refractivity contribution in [1.29, 1.82) is 0 Å². The average Bonchev–Trinajstić information content (AvgIpc) is 3.11. The zero-order valence-electron chi connectivity index (χ0n) is 13.8.